The Morgan fingerprint density at radius 2 is 1.56 bits per heavy atom. The van der Waals surface area contributed by atoms with E-state index in [9.17, 15) is 0 Å². The second-order valence-electron chi connectivity index (χ2n) is 4.14. The van der Waals surface area contributed by atoms with E-state index >= 15 is 0 Å². The fourth-order valence-corrected chi connectivity index (χ4v) is 1.42. The Morgan fingerprint density at radius 3 is 2.17 bits per heavy atom. The molecule has 0 spiro atoms. The molecule has 0 saturated heterocycles. The molecule has 0 fully saturated rings. The van der Waals surface area contributed by atoms with Gasteiger partial charge in [0.05, 0.1) is 45.7 Å². The van der Waals surface area contributed by atoms with Gasteiger partial charge >= 0.3 is 0 Å². The zero-order valence-electron chi connectivity index (χ0n) is 12.1. The summed E-state index contributed by atoms with van der Waals surface area (Å²) >= 11 is 0. The molecule has 5 nitrogen and oxygen atoms in total. The van der Waals surface area contributed by atoms with E-state index in [0.717, 1.165) is 19.4 Å². The fourth-order valence-electron chi connectivity index (χ4n) is 1.42. The van der Waals surface area contributed by atoms with Gasteiger partial charge in [0.1, 0.15) is 0 Å². The van der Waals surface area contributed by atoms with E-state index in [0.29, 0.717) is 45.7 Å². The normalized spacial score (nSPS) is 12.8. The highest BCUT2D eigenvalue weighted by Crippen LogP contribution is 2.00. The van der Waals surface area contributed by atoms with Crippen LogP contribution in [0.4, 0.5) is 0 Å². The van der Waals surface area contributed by atoms with Crippen LogP contribution in [0.5, 0.6) is 0 Å². The summed E-state index contributed by atoms with van der Waals surface area (Å²) in [5, 5.41) is 3.12. The van der Waals surface area contributed by atoms with Crippen LogP contribution in [0.1, 0.15) is 19.8 Å². The summed E-state index contributed by atoms with van der Waals surface area (Å²) in [4.78, 5) is 0. The molecule has 1 N–H and O–H groups in total. The second kappa shape index (κ2) is 14.9. The summed E-state index contributed by atoms with van der Waals surface area (Å²) in [5.74, 6) is 0. The SMILES string of the molecule is CNCCCC(C)OCCOCCOCCOC. The van der Waals surface area contributed by atoms with Gasteiger partial charge in [-0.15, -0.1) is 0 Å². The van der Waals surface area contributed by atoms with Gasteiger partial charge in [-0.05, 0) is 33.4 Å². The molecule has 18 heavy (non-hydrogen) atoms. The minimum Gasteiger partial charge on any atom is -0.382 e. The number of ether oxygens (including phenoxy) is 4. The molecule has 1 unspecified atom stereocenters. The molecule has 0 aliphatic heterocycles. The quantitative estimate of drug-likeness (QED) is 0.475. The van der Waals surface area contributed by atoms with Crippen molar-refractivity contribution in [3.05, 3.63) is 0 Å². The molecule has 0 aromatic carbocycles. The molecular formula is C13H29NO4. The maximum absolute atomic E-state index is 5.62. The molecule has 5 heteroatoms. The molecule has 110 valence electrons. The molecule has 0 aliphatic carbocycles. The third-order valence-electron chi connectivity index (χ3n) is 2.47. The highest BCUT2D eigenvalue weighted by Gasteiger charge is 2.01. The van der Waals surface area contributed by atoms with Crippen molar-refractivity contribution in [3.8, 4) is 0 Å². The number of rotatable bonds is 14. The monoisotopic (exact) mass is 263 g/mol. The topological polar surface area (TPSA) is 49.0 Å². The van der Waals surface area contributed by atoms with Gasteiger partial charge in [0, 0.05) is 7.11 Å². The Labute approximate surface area is 111 Å². The summed E-state index contributed by atoms with van der Waals surface area (Å²) in [6, 6.07) is 0. The molecule has 0 amide bonds. The van der Waals surface area contributed by atoms with Crippen molar-refractivity contribution in [1.29, 1.82) is 0 Å². The van der Waals surface area contributed by atoms with Gasteiger partial charge in [-0.3, -0.25) is 0 Å². The van der Waals surface area contributed by atoms with E-state index in [-0.39, 0.29) is 0 Å². The Balaban J connectivity index is 3.05. The van der Waals surface area contributed by atoms with E-state index in [1.165, 1.54) is 0 Å². The van der Waals surface area contributed by atoms with Crippen LogP contribution >= 0.6 is 0 Å². The predicted molar refractivity (Wildman–Crippen MR) is 72.1 cm³/mol. The lowest BCUT2D eigenvalue weighted by Crippen LogP contribution is -2.17. The Kier molecular flexibility index (Phi) is 14.7. The van der Waals surface area contributed by atoms with Crippen LogP contribution in [-0.4, -0.2) is 66.4 Å². The maximum Gasteiger partial charge on any atom is 0.0704 e. The maximum atomic E-state index is 5.62. The Morgan fingerprint density at radius 1 is 0.944 bits per heavy atom. The van der Waals surface area contributed by atoms with Gasteiger partial charge in [-0.25, -0.2) is 0 Å². The highest BCUT2D eigenvalue weighted by atomic mass is 16.6. The minimum absolute atomic E-state index is 0.305. The van der Waals surface area contributed by atoms with E-state index in [1.807, 2.05) is 7.05 Å². The van der Waals surface area contributed by atoms with Gasteiger partial charge in [-0.1, -0.05) is 0 Å². The smallest absolute Gasteiger partial charge is 0.0704 e. The molecule has 0 bridgehead atoms. The van der Waals surface area contributed by atoms with Crippen molar-refractivity contribution in [3.63, 3.8) is 0 Å². The third-order valence-corrected chi connectivity index (χ3v) is 2.47. The van der Waals surface area contributed by atoms with Crippen LogP contribution in [0, 0.1) is 0 Å². The lowest BCUT2D eigenvalue weighted by Gasteiger charge is -2.13. The molecule has 1 atom stereocenters. The first kappa shape index (κ1) is 17.8. The Bertz CT molecular complexity index is 158. The van der Waals surface area contributed by atoms with Crippen molar-refractivity contribution in [1.82, 2.24) is 5.32 Å². The average molecular weight is 263 g/mol. The van der Waals surface area contributed by atoms with Gasteiger partial charge < -0.3 is 24.3 Å². The first-order valence-corrected chi connectivity index (χ1v) is 6.72. The van der Waals surface area contributed by atoms with Crippen LogP contribution in [0.2, 0.25) is 0 Å². The lowest BCUT2D eigenvalue weighted by atomic mass is 10.2. The van der Waals surface area contributed by atoms with Crippen molar-refractivity contribution >= 4 is 0 Å². The highest BCUT2D eigenvalue weighted by molar-refractivity contribution is 4.52. The molecular weight excluding hydrogens is 234 g/mol. The zero-order valence-corrected chi connectivity index (χ0v) is 12.1. The summed E-state index contributed by atoms with van der Waals surface area (Å²) in [5.41, 5.74) is 0. The van der Waals surface area contributed by atoms with Crippen LogP contribution in [-0.2, 0) is 18.9 Å². The number of hydrogen-bond donors (Lipinski definition) is 1. The summed E-state index contributed by atoms with van der Waals surface area (Å²) in [6.45, 7) is 6.91. The second-order valence-corrected chi connectivity index (χ2v) is 4.14. The van der Waals surface area contributed by atoms with E-state index in [1.54, 1.807) is 7.11 Å². The lowest BCUT2D eigenvalue weighted by molar-refractivity contribution is -0.0138. The predicted octanol–water partition coefficient (Wildman–Crippen LogP) is 1.07. The summed E-state index contributed by atoms with van der Waals surface area (Å²) in [7, 11) is 3.63. The third kappa shape index (κ3) is 13.9. The largest absolute Gasteiger partial charge is 0.382 e. The van der Waals surface area contributed by atoms with Crippen LogP contribution < -0.4 is 5.32 Å². The van der Waals surface area contributed by atoms with Crippen LogP contribution in [0.25, 0.3) is 0 Å². The van der Waals surface area contributed by atoms with Gasteiger partial charge in [0.15, 0.2) is 0 Å². The molecule has 0 aromatic rings. The zero-order chi connectivity index (χ0) is 13.5. The van der Waals surface area contributed by atoms with Crippen molar-refractivity contribution in [2.24, 2.45) is 0 Å². The van der Waals surface area contributed by atoms with E-state index in [2.05, 4.69) is 12.2 Å². The van der Waals surface area contributed by atoms with Gasteiger partial charge in [0.2, 0.25) is 0 Å². The molecule has 0 heterocycles. The molecule has 0 saturated carbocycles. The number of nitrogens with one attached hydrogen (secondary N) is 1. The number of hydrogen-bond acceptors (Lipinski definition) is 5. The molecule has 0 radical (unpaired) electrons. The van der Waals surface area contributed by atoms with Crippen LogP contribution in [0.3, 0.4) is 0 Å². The first-order valence-electron chi connectivity index (χ1n) is 6.72. The minimum atomic E-state index is 0.305. The number of methoxy groups -OCH3 is 1. The standard InChI is InChI=1S/C13H29NO4/c1-13(5-4-6-14-2)18-12-11-17-10-9-16-8-7-15-3/h13-14H,4-12H2,1-3H3. The van der Waals surface area contributed by atoms with Crippen molar-refractivity contribution in [2.45, 2.75) is 25.9 Å². The van der Waals surface area contributed by atoms with Gasteiger partial charge in [0.25, 0.3) is 0 Å². The summed E-state index contributed by atoms with van der Waals surface area (Å²) in [6.07, 6.45) is 2.53. The first-order chi connectivity index (χ1) is 8.81. The Hall–Kier alpha value is -0.200. The van der Waals surface area contributed by atoms with Gasteiger partial charge in [-0.2, -0.15) is 0 Å². The average Bonchev–Trinajstić information content (AvgIpc) is 2.37. The fraction of sp³-hybridized carbons (Fsp3) is 1.00. The summed E-state index contributed by atoms with van der Waals surface area (Å²) < 4.78 is 21.1. The van der Waals surface area contributed by atoms with E-state index in [4.69, 9.17) is 18.9 Å². The van der Waals surface area contributed by atoms with Crippen LogP contribution in [0.15, 0.2) is 0 Å². The van der Waals surface area contributed by atoms with Crippen molar-refractivity contribution in [2.75, 3.05) is 60.3 Å². The van der Waals surface area contributed by atoms with Crippen molar-refractivity contribution < 1.29 is 18.9 Å². The van der Waals surface area contributed by atoms with E-state index < -0.39 is 0 Å². The molecule has 0 aliphatic rings. The molecule has 0 rings (SSSR count). The molecule has 0 aromatic heterocycles.